The zero-order chi connectivity index (χ0) is 14.4. The summed E-state index contributed by atoms with van der Waals surface area (Å²) in [5.74, 6) is 1.87. The Morgan fingerprint density at radius 2 is 2.30 bits per heavy atom. The van der Waals surface area contributed by atoms with Gasteiger partial charge in [-0.15, -0.1) is 0 Å². The second-order valence-corrected chi connectivity index (χ2v) is 5.76. The van der Waals surface area contributed by atoms with Crippen molar-refractivity contribution in [3.05, 3.63) is 6.07 Å². The summed E-state index contributed by atoms with van der Waals surface area (Å²) < 4.78 is 0. The van der Waals surface area contributed by atoms with Crippen LogP contribution in [0.2, 0.25) is 0 Å². The van der Waals surface area contributed by atoms with Gasteiger partial charge in [-0.1, -0.05) is 11.8 Å². The van der Waals surface area contributed by atoms with Gasteiger partial charge in [0.05, 0.1) is 0 Å². The summed E-state index contributed by atoms with van der Waals surface area (Å²) in [5.41, 5.74) is 0. The van der Waals surface area contributed by atoms with Crippen LogP contribution in [0.15, 0.2) is 11.2 Å². The molecule has 0 amide bonds. The van der Waals surface area contributed by atoms with Gasteiger partial charge in [0.15, 0.2) is 5.16 Å². The van der Waals surface area contributed by atoms with Crippen LogP contribution in [-0.2, 0) is 0 Å². The Balaban J connectivity index is 2.26. The molecule has 1 atom stereocenters. The monoisotopic (exact) mass is 296 g/mol. The third-order valence-corrected chi connectivity index (χ3v) is 4.16. The molecule has 0 bridgehead atoms. The van der Waals surface area contributed by atoms with E-state index in [1.165, 1.54) is 12.8 Å². The first-order valence-corrected chi connectivity index (χ1v) is 8.55. The molecule has 1 unspecified atom stereocenters. The van der Waals surface area contributed by atoms with Gasteiger partial charge >= 0.3 is 0 Å². The van der Waals surface area contributed by atoms with E-state index in [0.29, 0.717) is 6.04 Å². The van der Waals surface area contributed by atoms with Crippen molar-refractivity contribution < 1.29 is 5.11 Å². The molecule has 2 N–H and O–H groups in total. The highest BCUT2D eigenvalue weighted by Gasteiger charge is 2.24. The van der Waals surface area contributed by atoms with Gasteiger partial charge < -0.3 is 15.3 Å². The van der Waals surface area contributed by atoms with Gasteiger partial charge in [0, 0.05) is 31.8 Å². The fraction of sp³-hybridized carbons (Fsp3) is 0.714. The van der Waals surface area contributed by atoms with Crippen LogP contribution in [-0.4, -0.2) is 47.1 Å². The van der Waals surface area contributed by atoms with Gasteiger partial charge in [-0.3, -0.25) is 0 Å². The smallest absolute Gasteiger partial charge is 0.191 e. The minimum Gasteiger partial charge on any atom is -0.396 e. The summed E-state index contributed by atoms with van der Waals surface area (Å²) >= 11 is 1.56. The zero-order valence-corrected chi connectivity index (χ0v) is 13.1. The van der Waals surface area contributed by atoms with E-state index >= 15 is 0 Å². The molecule has 0 aliphatic carbocycles. The quantitative estimate of drug-likeness (QED) is 0.621. The second-order valence-electron chi connectivity index (χ2n) is 4.98. The van der Waals surface area contributed by atoms with E-state index < -0.39 is 0 Å². The Bertz CT molecular complexity index is 428. The molecule has 112 valence electrons. The van der Waals surface area contributed by atoms with Crippen LogP contribution in [0, 0.1) is 0 Å². The molecule has 6 heteroatoms. The molecule has 1 saturated heterocycles. The van der Waals surface area contributed by atoms with Crippen molar-refractivity contribution >= 4 is 23.4 Å². The number of piperidine rings is 1. The van der Waals surface area contributed by atoms with Gasteiger partial charge in [-0.25, -0.2) is 9.97 Å². The normalized spacial score (nSPS) is 19.1. The summed E-state index contributed by atoms with van der Waals surface area (Å²) in [7, 11) is 0. The van der Waals surface area contributed by atoms with Gasteiger partial charge in [-0.05, 0) is 38.9 Å². The molecule has 1 aliphatic rings. The van der Waals surface area contributed by atoms with E-state index in [-0.39, 0.29) is 6.61 Å². The highest BCUT2D eigenvalue weighted by Crippen LogP contribution is 2.28. The van der Waals surface area contributed by atoms with Crippen LogP contribution in [0.3, 0.4) is 0 Å². The van der Waals surface area contributed by atoms with Crippen LogP contribution >= 0.6 is 11.8 Å². The lowest BCUT2D eigenvalue weighted by atomic mass is 10.00. The van der Waals surface area contributed by atoms with Crippen molar-refractivity contribution in [1.82, 2.24) is 9.97 Å². The Kier molecular flexibility index (Phi) is 5.91. The molecule has 0 spiro atoms. The average molecular weight is 296 g/mol. The molecular weight excluding hydrogens is 272 g/mol. The minimum absolute atomic E-state index is 0.238. The van der Waals surface area contributed by atoms with Crippen LogP contribution in [0.5, 0.6) is 0 Å². The van der Waals surface area contributed by atoms with E-state index in [1.807, 2.05) is 12.3 Å². The first kappa shape index (κ1) is 15.4. The van der Waals surface area contributed by atoms with Gasteiger partial charge in [0.1, 0.15) is 11.6 Å². The lowest BCUT2D eigenvalue weighted by Crippen LogP contribution is -2.40. The van der Waals surface area contributed by atoms with Crippen molar-refractivity contribution in [2.75, 3.05) is 36.2 Å². The molecule has 1 fully saturated rings. The molecule has 1 aromatic rings. The maximum atomic E-state index is 9.25. The largest absolute Gasteiger partial charge is 0.396 e. The van der Waals surface area contributed by atoms with Crippen molar-refractivity contribution in [1.29, 1.82) is 0 Å². The molecule has 0 aromatic carbocycles. The van der Waals surface area contributed by atoms with Crippen LogP contribution < -0.4 is 10.2 Å². The van der Waals surface area contributed by atoms with E-state index in [1.54, 1.807) is 11.8 Å². The second kappa shape index (κ2) is 7.69. The molecule has 0 radical (unpaired) electrons. The van der Waals surface area contributed by atoms with Gasteiger partial charge in [0.25, 0.3) is 0 Å². The number of hydrogen-bond acceptors (Lipinski definition) is 6. The third kappa shape index (κ3) is 3.76. The maximum Gasteiger partial charge on any atom is 0.191 e. The van der Waals surface area contributed by atoms with Crippen LogP contribution in [0.1, 0.15) is 32.6 Å². The summed E-state index contributed by atoms with van der Waals surface area (Å²) in [6, 6.07) is 2.42. The Morgan fingerprint density at radius 1 is 1.45 bits per heavy atom. The molecule has 20 heavy (non-hydrogen) atoms. The Labute approximate surface area is 125 Å². The number of nitrogens with one attached hydrogen (secondary N) is 1. The SMILES string of the molecule is CCNc1cc(N2CCCCC2CCO)nc(SC)n1. The summed E-state index contributed by atoms with van der Waals surface area (Å²) in [6.07, 6.45) is 6.37. The summed E-state index contributed by atoms with van der Waals surface area (Å²) in [6.45, 7) is 4.17. The molecule has 0 saturated carbocycles. The third-order valence-electron chi connectivity index (χ3n) is 3.62. The maximum absolute atomic E-state index is 9.25. The van der Waals surface area contributed by atoms with E-state index in [2.05, 4.69) is 27.1 Å². The highest BCUT2D eigenvalue weighted by atomic mass is 32.2. The van der Waals surface area contributed by atoms with Crippen LogP contribution in [0.4, 0.5) is 11.6 Å². The van der Waals surface area contributed by atoms with E-state index in [9.17, 15) is 5.11 Å². The molecular formula is C14H24N4OS. The van der Waals surface area contributed by atoms with E-state index in [4.69, 9.17) is 0 Å². The molecule has 2 heterocycles. The fourth-order valence-corrected chi connectivity index (χ4v) is 3.05. The number of thioether (sulfide) groups is 1. The van der Waals surface area contributed by atoms with E-state index in [0.717, 1.165) is 42.7 Å². The fourth-order valence-electron chi connectivity index (χ4n) is 2.67. The number of rotatable bonds is 6. The van der Waals surface area contributed by atoms with Gasteiger partial charge in [-0.2, -0.15) is 0 Å². The highest BCUT2D eigenvalue weighted by molar-refractivity contribution is 7.98. The molecule has 1 aliphatic heterocycles. The summed E-state index contributed by atoms with van der Waals surface area (Å²) in [5, 5.41) is 13.3. The Hall–Kier alpha value is -1.01. The number of anilines is 2. The molecule has 2 rings (SSSR count). The first-order valence-electron chi connectivity index (χ1n) is 7.33. The van der Waals surface area contributed by atoms with Gasteiger partial charge in [0.2, 0.25) is 0 Å². The molecule has 5 nitrogen and oxygen atoms in total. The Morgan fingerprint density at radius 3 is 3.00 bits per heavy atom. The topological polar surface area (TPSA) is 61.3 Å². The summed E-state index contributed by atoms with van der Waals surface area (Å²) in [4.78, 5) is 11.5. The van der Waals surface area contributed by atoms with Crippen molar-refractivity contribution in [3.8, 4) is 0 Å². The van der Waals surface area contributed by atoms with Crippen molar-refractivity contribution in [3.63, 3.8) is 0 Å². The number of aromatic nitrogens is 2. The standard InChI is InChI=1S/C14H24N4OS/c1-3-15-12-10-13(17-14(16-12)20-2)18-8-5-4-6-11(18)7-9-19/h10-11,19H,3-9H2,1-2H3,(H,15,16,17). The lowest BCUT2D eigenvalue weighted by Gasteiger charge is -2.36. The zero-order valence-electron chi connectivity index (χ0n) is 12.3. The number of aliphatic hydroxyl groups is 1. The first-order chi connectivity index (χ1) is 9.78. The number of nitrogens with zero attached hydrogens (tertiary/aromatic N) is 3. The number of aliphatic hydroxyl groups excluding tert-OH is 1. The molecule has 1 aromatic heterocycles. The average Bonchev–Trinajstić information content (AvgIpc) is 2.48. The number of hydrogen-bond donors (Lipinski definition) is 2. The predicted octanol–water partition coefficient (Wildman–Crippen LogP) is 2.37. The minimum atomic E-state index is 0.238. The van der Waals surface area contributed by atoms with Crippen molar-refractivity contribution in [2.24, 2.45) is 0 Å². The van der Waals surface area contributed by atoms with Crippen LogP contribution in [0.25, 0.3) is 0 Å². The van der Waals surface area contributed by atoms with Crippen molar-refractivity contribution in [2.45, 2.75) is 43.8 Å². The lowest BCUT2D eigenvalue weighted by molar-refractivity contribution is 0.262. The predicted molar refractivity (Wildman–Crippen MR) is 84.7 cm³/mol.